The molecule has 0 spiro atoms. The summed E-state index contributed by atoms with van der Waals surface area (Å²) in [7, 11) is 0. The minimum Gasteiger partial charge on any atom is -0.508 e. The van der Waals surface area contributed by atoms with Gasteiger partial charge >= 0.3 is 0 Å². The minimum absolute atomic E-state index is 0.000316. The van der Waals surface area contributed by atoms with Crippen molar-refractivity contribution < 1.29 is 9.90 Å². The summed E-state index contributed by atoms with van der Waals surface area (Å²) in [6.07, 6.45) is 1.55. The average molecular weight is 263 g/mol. The molecule has 0 aliphatic heterocycles. The fraction of sp³-hybridized carbons (Fsp3) is 0.154. The molecule has 4 nitrogen and oxygen atoms in total. The van der Waals surface area contributed by atoms with Crippen LogP contribution in [0.3, 0.4) is 0 Å². The van der Waals surface area contributed by atoms with Crippen LogP contribution >= 0.6 is 11.6 Å². The maximum Gasteiger partial charge on any atom is 0.182 e. The van der Waals surface area contributed by atoms with E-state index in [2.05, 4.69) is 4.99 Å². The highest BCUT2D eigenvalue weighted by Gasteiger charge is 2.29. The smallest absolute Gasteiger partial charge is 0.182 e. The number of rotatable bonds is 1. The van der Waals surface area contributed by atoms with Crippen molar-refractivity contribution in [1.29, 1.82) is 5.41 Å². The summed E-state index contributed by atoms with van der Waals surface area (Å²) in [5.74, 6) is -0.110. The van der Waals surface area contributed by atoms with E-state index in [1.54, 1.807) is 25.1 Å². The summed E-state index contributed by atoms with van der Waals surface area (Å²) in [5, 5.41) is 16.0. The van der Waals surface area contributed by atoms with E-state index >= 15 is 0 Å². The van der Waals surface area contributed by atoms with E-state index in [1.807, 2.05) is 0 Å². The number of alkyl halides is 1. The number of benzene rings is 1. The number of halogens is 1. The Balaban J connectivity index is 2.41. The van der Waals surface area contributed by atoms with Gasteiger partial charge in [-0.05, 0) is 42.8 Å². The van der Waals surface area contributed by atoms with Gasteiger partial charge < -0.3 is 10.5 Å². The van der Waals surface area contributed by atoms with E-state index in [9.17, 15) is 4.79 Å². The number of carbonyl (C=O) groups is 1. The Kier molecular flexibility index (Phi) is 3.30. The van der Waals surface area contributed by atoms with Gasteiger partial charge in [-0.1, -0.05) is 0 Å². The SMILES string of the molecule is CC1=CC(=Nc2ccc(O)cc2)C(=N)C(Cl)C1=O. The van der Waals surface area contributed by atoms with Crippen LogP contribution in [0.2, 0.25) is 0 Å². The largest absolute Gasteiger partial charge is 0.508 e. The molecular weight excluding hydrogens is 252 g/mol. The Morgan fingerprint density at radius 1 is 1.33 bits per heavy atom. The second-order valence-electron chi connectivity index (χ2n) is 3.98. The van der Waals surface area contributed by atoms with Crippen molar-refractivity contribution in [3.8, 4) is 5.75 Å². The third kappa shape index (κ3) is 2.33. The highest BCUT2D eigenvalue weighted by atomic mass is 35.5. The van der Waals surface area contributed by atoms with Crippen LogP contribution in [-0.2, 0) is 4.79 Å². The van der Waals surface area contributed by atoms with Crippen molar-refractivity contribution in [3.63, 3.8) is 0 Å². The summed E-state index contributed by atoms with van der Waals surface area (Å²) < 4.78 is 0. The van der Waals surface area contributed by atoms with E-state index in [-0.39, 0.29) is 17.2 Å². The maximum absolute atomic E-state index is 11.5. The van der Waals surface area contributed by atoms with Crippen molar-refractivity contribution in [2.24, 2.45) is 4.99 Å². The number of carbonyl (C=O) groups excluding carboxylic acids is 1. The first-order chi connectivity index (χ1) is 8.49. The number of aliphatic imine (C=N–C) groups is 1. The highest BCUT2D eigenvalue weighted by Crippen LogP contribution is 2.21. The van der Waals surface area contributed by atoms with E-state index in [0.717, 1.165) is 0 Å². The first-order valence-electron chi connectivity index (χ1n) is 5.32. The van der Waals surface area contributed by atoms with Gasteiger partial charge in [-0.25, -0.2) is 4.99 Å². The molecule has 5 heteroatoms. The number of nitrogens with zero attached hydrogens (tertiary/aromatic N) is 1. The molecule has 2 N–H and O–H groups in total. The quantitative estimate of drug-likeness (QED) is 0.764. The second-order valence-corrected chi connectivity index (χ2v) is 4.42. The molecule has 1 unspecified atom stereocenters. The monoisotopic (exact) mass is 262 g/mol. The zero-order valence-corrected chi connectivity index (χ0v) is 10.4. The lowest BCUT2D eigenvalue weighted by atomic mass is 9.95. The summed E-state index contributed by atoms with van der Waals surface area (Å²) in [6.45, 7) is 1.65. The minimum atomic E-state index is -0.967. The van der Waals surface area contributed by atoms with Gasteiger partial charge in [0.1, 0.15) is 11.1 Å². The number of ketones is 1. The molecule has 1 aliphatic rings. The number of hydrogen-bond acceptors (Lipinski definition) is 4. The van der Waals surface area contributed by atoms with Crippen LogP contribution in [0.25, 0.3) is 0 Å². The predicted octanol–water partition coefficient (Wildman–Crippen LogP) is 2.62. The molecule has 0 aromatic heterocycles. The standard InChI is InChI=1S/C13H11ClN2O2/c1-7-6-10(12(15)11(14)13(7)18)16-8-2-4-9(17)5-3-8/h2-6,11,15,17H,1H3. The number of phenolic OH excluding ortho intramolecular Hbond substituents is 1. The van der Waals surface area contributed by atoms with Gasteiger partial charge in [0.15, 0.2) is 5.78 Å². The Hall–Kier alpha value is -1.94. The van der Waals surface area contributed by atoms with Crippen molar-refractivity contribution in [2.75, 3.05) is 0 Å². The molecule has 0 radical (unpaired) electrons. The Morgan fingerprint density at radius 2 is 1.94 bits per heavy atom. The molecule has 0 saturated heterocycles. The van der Waals surface area contributed by atoms with Crippen molar-refractivity contribution in [3.05, 3.63) is 35.9 Å². The Labute approximate surface area is 109 Å². The van der Waals surface area contributed by atoms with Crippen molar-refractivity contribution in [1.82, 2.24) is 0 Å². The van der Waals surface area contributed by atoms with Crippen LogP contribution in [0.4, 0.5) is 5.69 Å². The zero-order chi connectivity index (χ0) is 13.3. The summed E-state index contributed by atoms with van der Waals surface area (Å²) in [5.41, 5.74) is 1.46. The van der Waals surface area contributed by atoms with Crippen LogP contribution < -0.4 is 0 Å². The third-order valence-electron chi connectivity index (χ3n) is 2.60. The molecular formula is C13H11ClN2O2. The van der Waals surface area contributed by atoms with E-state index in [0.29, 0.717) is 17.0 Å². The molecule has 92 valence electrons. The van der Waals surface area contributed by atoms with Crippen LogP contribution in [0.15, 0.2) is 40.9 Å². The molecule has 0 fully saturated rings. The number of hydrogen-bond donors (Lipinski definition) is 2. The lowest BCUT2D eigenvalue weighted by Crippen LogP contribution is -2.34. The number of aromatic hydroxyl groups is 1. The molecule has 1 aromatic rings. The van der Waals surface area contributed by atoms with Gasteiger partial charge in [-0.3, -0.25) is 4.79 Å². The molecule has 0 heterocycles. The van der Waals surface area contributed by atoms with Crippen molar-refractivity contribution in [2.45, 2.75) is 12.3 Å². The highest BCUT2D eigenvalue weighted by molar-refractivity contribution is 6.63. The first-order valence-corrected chi connectivity index (χ1v) is 5.76. The van der Waals surface area contributed by atoms with Crippen LogP contribution in [-0.4, -0.2) is 27.7 Å². The van der Waals surface area contributed by atoms with Gasteiger partial charge in [0.05, 0.1) is 17.1 Å². The van der Waals surface area contributed by atoms with Crippen LogP contribution in [0.5, 0.6) is 5.75 Å². The van der Waals surface area contributed by atoms with Gasteiger partial charge in [-0.15, -0.1) is 11.6 Å². The summed E-state index contributed by atoms with van der Waals surface area (Å²) in [6, 6.07) is 6.26. The first kappa shape index (κ1) is 12.5. The molecule has 0 saturated carbocycles. The Morgan fingerprint density at radius 3 is 2.56 bits per heavy atom. The number of phenols is 1. The molecule has 2 rings (SSSR count). The van der Waals surface area contributed by atoms with Gasteiger partial charge in [0.25, 0.3) is 0 Å². The molecule has 1 atom stereocenters. The maximum atomic E-state index is 11.5. The lowest BCUT2D eigenvalue weighted by molar-refractivity contribution is -0.114. The number of allylic oxidation sites excluding steroid dienone is 2. The van der Waals surface area contributed by atoms with Gasteiger partial charge in [-0.2, -0.15) is 0 Å². The number of Topliss-reactive ketones (excluding diaryl/α,β-unsaturated/α-hetero) is 1. The fourth-order valence-electron chi connectivity index (χ4n) is 1.57. The van der Waals surface area contributed by atoms with E-state index in [4.69, 9.17) is 22.1 Å². The topological polar surface area (TPSA) is 73.5 Å². The normalized spacial score (nSPS) is 22.2. The fourth-order valence-corrected chi connectivity index (χ4v) is 1.86. The molecule has 0 amide bonds. The zero-order valence-electron chi connectivity index (χ0n) is 9.64. The average Bonchev–Trinajstić information content (AvgIpc) is 2.36. The van der Waals surface area contributed by atoms with E-state index < -0.39 is 5.38 Å². The molecule has 0 bridgehead atoms. The summed E-state index contributed by atoms with van der Waals surface area (Å²) >= 11 is 5.86. The van der Waals surface area contributed by atoms with Crippen LogP contribution in [0, 0.1) is 5.41 Å². The van der Waals surface area contributed by atoms with E-state index in [1.165, 1.54) is 12.1 Å². The van der Waals surface area contributed by atoms with Gasteiger partial charge in [0.2, 0.25) is 0 Å². The molecule has 1 aromatic carbocycles. The summed E-state index contributed by atoms with van der Waals surface area (Å²) in [4.78, 5) is 15.8. The van der Waals surface area contributed by atoms with Crippen molar-refractivity contribution >= 4 is 34.5 Å². The molecule has 18 heavy (non-hydrogen) atoms. The number of nitrogens with one attached hydrogen (secondary N) is 1. The lowest BCUT2D eigenvalue weighted by Gasteiger charge is -2.16. The predicted molar refractivity (Wildman–Crippen MR) is 71.3 cm³/mol. The Bertz CT molecular complexity index is 573. The molecule has 1 aliphatic carbocycles. The van der Waals surface area contributed by atoms with Crippen LogP contribution in [0.1, 0.15) is 6.92 Å². The van der Waals surface area contributed by atoms with Gasteiger partial charge in [0, 0.05) is 0 Å². The second kappa shape index (κ2) is 4.74. The third-order valence-corrected chi connectivity index (χ3v) is 3.02.